The monoisotopic (exact) mass is 268 g/mol. The van der Waals surface area contributed by atoms with Gasteiger partial charge < -0.3 is 15.0 Å². The number of carbonyl (C=O) groups is 2. The fourth-order valence-electron chi connectivity index (χ4n) is 2.98. The predicted molar refractivity (Wildman–Crippen MR) is 71.6 cm³/mol. The summed E-state index contributed by atoms with van der Waals surface area (Å²) in [5, 5.41) is 2.96. The van der Waals surface area contributed by atoms with Gasteiger partial charge in [-0.05, 0) is 19.3 Å². The lowest BCUT2D eigenvalue weighted by atomic mass is 9.96. The van der Waals surface area contributed by atoms with Gasteiger partial charge in [-0.1, -0.05) is 19.8 Å². The Morgan fingerprint density at radius 3 is 2.68 bits per heavy atom. The average molecular weight is 268 g/mol. The highest BCUT2D eigenvalue weighted by Crippen LogP contribution is 2.32. The molecular formula is C14H24N2O3. The topological polar surface area (TPSA) is 58.6 Å². The second kappa shape index (κ2) is 6.37. The summed E-state index contributed by atoms with van der Waals surface area (Å²) in [5.74, 6) is 0.100. The first kappa shape index (κ1) is 14.3. The van der Waals surface area contributed by atoms with Crippen molar-refractivity contribution >= 4 is 11.8 Å². The SMILES string of the molecule is CCCOCCN1CCC(=O)NC2(CCCC2)C1=O. The van der Waals surface area contributed by atoms with Crippen molar-refractivity contribution in [2.24, 2.45) is 0 Å². The van der Waals surface area contributed by atoms with Crippen molar-refractivity contribution < 1.29 is 14.3 Å². The molecule has 1 N–H and O–H groups in total. The van der Waals surface area contributed by atoms with Crippen molar-refractivity contribution in [3.63, 3.8) is 0 Å². The molecular weight excluding hydrogens is 244 g/mol. The summed E-state index contributed by atoms with van der Waals surface area (Å²) in [5.41, 5.74) is -0.613. The van der Waals surface area contributed by atoms with Gasteiger partial charge in [0, 0.05) is 26.1 Å². The van der Waals surface area contributed by atoms with E-state index in [1.165, 1.54) is 0 Å². The molecule has 5 nitrogen and oxygen atoms in total. The summed E-state index contributed by atoms with van der Waals surface area (Å²) in [6.07, 6.45) is 4.99. The van der Waals surface area contributed by atoms with Gasteiger partial charge >= 0.3 is 0 Å². The lowest BCUT2D eigenvalue weighted by Gasteiger charge is -2.31. The number of hydrogen-bond donors (Lipinski definition) is 1. The van der Waals surface area contributed by atoms with Crippen LogP contribution in [0, 0.1) is 0 Å². The number of carbonyl (C=O) groups excluding carboxylic acids is 2. The van der Waals surface area contributed by atoms with E-state index in [9.17, 15) is 9.59 Å². The van der Waals surface area contributed by atoms with Crippen LogP contribution in [0.4, 0.5) is 0 Å². The predicted octanol–water partition coefficient (Wildman–Crippen LogP) is 1.07. The summed E-state index contributed by atoms with van der Waals surface area (Å²) in [6, 6.07) is 0. The van der Waals surface area contributed by atoms with Crippen LogP contribution in [0.1, 0.15) is 45.4 Å². The third-order valence-electron chi connectivity index (χ3n) is 4.00. The van der Waals surface area contributed by atoms with Crippen LogP contribution in [0.25, 0.3) is 0 Å². The van der Waals surface area contributed by atoms with Crippen molar-refractivity contribution in [3.05, 3.63) is 0 Å². The van der Waals surface area contributed by atoms with E-state index in [1.54, 1.807) is 4.90 Å². The Morgan fingerprint density at radius 2 is 2.00 bits per heavy atom. The summed E-state index contributed by atoms with van der Waals surface area (Å²) in [4.78, 5) is 26.2. The lowest BCUT2D eigenvalue weighted by Crippen LogP contribution is -2.55. The van der Waals surface area contributed by atoms with E-state index in [4.69, 9.17) is 4.74 Å². The fraction of sp³-hybridized carbons (Fsp3) is 0.857. The van der Waals surface area contributed by atoms with Gasteiger partial charge in [0.25, 0.3) is 0 Å². The van der Waals surface area contributed by atoms with E-state index >= 15 is 0 Å². The maximum Gasteiger partial charge on any atom is 0.248 e. The van der Waals surface area contributed by atoms with Crippen molar-refractivity contribution in [1.29, 1.82) is 0 Å². The van der Waals surface area contributed by atoms with Crippen molar-refractivity contribution in [2.45, 2.75) is 51.0 Å². The highest BCUT2D eigenvalue weighted by molar-refractivity contribution is 5.93. The molecule has 1 saturated carbocycles. The summed E-state index contributed by atoms with van der Waals surface area (Å²) < 4.78 is 5.45. The summed E-state index contributed by atoms with van der Waals surface area (Å²) in [7, 11) is 0. The first-order valence-corrected chi connectivity index (χ1v) is 7.36. The van der Waals surface area contributed by atoms with Gasteiger partial charge in [0.2, 0.25) is 11.8 Å². The molecule has 0 unspecified atom stereocenters. The van der Waals surface area contributed by atoms with E-state index in [2.05, 4.69) is 12.2 Å². The molecule has 2 aliphatic rings. The fourth-order valence-corrected chi connectivity index (χ4v) is 2.98. The van der Waals surface area contributed by atoms with Gasteiger partial charge in [-0.3, -0.25) is 9.59 Å². The molecule has 0 aromatic heterocycles. The third-order valence-corrected chi connectivity index (χ3v) is 4.00. The quantitative estimate of drug-likeness (QED) is 0.759. The molecule has 108 valence electrons. The molecule has 1 aliphatic heterocycles. The molecule has 1 aliphatic carbocycles. The minimum Gasteiger partial charge on any atom is -0.380 e. The molecule has 5 heteroatoms. The van der Waals surface area contributed by atoms with Crippen molar-refractivity contribution in [1.82, 2.24) is 10.2 Å². The highest BCUT2D eigenvalue weighted by atomic mass is 16.5. The molecule has 2 amide bonds. The molecule has 0 aromatic carbocycles. The zero-order valence-electron chi connectivity index (χ0n) is 11.7. The minimum atomic E-state index is -0.613. The minimum absolute atomic E-state index is 0.00669. The van der Waals surface area contributed by atoms with Crippen molar-refractivity contribution in [2.75, 3.05) is 26.3 Å². The molecule has 0 radical (unpaired) electrons. The van der Waals surface area contributed by atoms with Crippen LogP contribution in [0.5, 0.6) is 0 Å². The average Bonchev–Trinajstić information content (AvgIpc) is 2.82. The zero-order chi connectivity index (χ0) is 13.7. The summed E-state index contributed by atoms with van der Waals surface area (Å²) >= 11 is 0. The van der Waals surface area contributed by atoms with Gasteiger partial charge in [0.1, 0.15) is 5.54 Å². The largest absolute Gasteiger partial charge is 0.380 e. The Labute approximate surface area is 114 Å². The van der Waals surface area contributed by atoms with Crippen LogP contribution >= 0.6 is 0 Å². The normalized spacial score (nSPS) is 22.7. The number of nitrogens with zero attached hydrogens (tertiary/aromatic N) is 1. The standard InChI is InChI=1S/C14H24N2O3/c1-2-10-19-11-9-16-8-5-12(17)15-14(13(16)18)6-3-4-7-14/h2-11H2,1H3,(H,15,17). The number of nitrogens with one attached hydrogen (secondary N) is 1. The third kappa shape index (κ3) is 3.26. The van der Waals surface area contributed by atoms with Crippen LogP contribution in [0.15, 0.2) is 0 Å². The second-order valence-corrected chi connectivity index (χ2v) is 5.49. The number of rotatable bonds is 5. The van der Waals surface area contributed by atoms with Crippen LogP contribution in [-0.4, -0.2) is 48.6 Å². The van der Waals surface area contributed by atoms with E-state index in [1.807, 2.05) is 0 Å². The zero-order valence-corrected chi connectivity index (χ0v) is 11.7. The van der Waals surface area contributed by atoms with Gasteiger partial charge in [-0.15, -0.1) is 0 Å². The molecule has 1 saturated heterocycles. The van der Waals surface area contributed by atoms with Crippen LogP contribution < -0.4 is 5.32 Å². The molecule has 0 atom stereocenters. The smallest absolute Gasteiger partial charge is 0.248 e. The Balaban J connectivity index is 1.98. The van der Waals surface area contributed by atoms with E-state index in [0.717, 1.165) is 38.7 Å². The number of amides is 2. The Hall–Kier alpha value is -1.10. The molecule has 1 heterocycles. The molecule has 0 bridgehead atoms. The highest BCUT2D eigenvalue weighted by Gasteiger charge is 2.46. The first-order chi connectivity index (χ1) is 9.18. The molecule has 2 rings (SSSR count). The maximum absolute atomic E-state index is 12.6. The van der Waals surface area contributed by atoms with Crippen molar-refractivity contribution in [3.8, 4) is 0 Å². The van der Waals surface area contributed by atoms with Crippen LogP contribution in [0.3, 0.4) is 0 Å². The summed E-state index contributed by atoms with van der Waals surface area (Å²) in [6.45, 7) is 4.46. The molecule has 2 fully saturated rings. The van der Waals surface area contributed by atoms with E-state index in [0.29, 0.717) is 26.1 Å². The Morgan fingerprint density at radius 1 is 1.26 bits per heavy atom. The number of hydrogen-bond acceptors (Lipinski definition) is 3. The number of ether oxygens (including phenoxy) is 1. The Bertz CT molecular complexity index is 338. The van der Waals surface area contributed by atoms with Crippen LogP contribution in [0.2, 0.25) is 0 Å². The lowest BCUT2D eigenvalue weighted by molar-refractivity contribution is -0.139. The van der Waals surface area contributed by atoms with Gasteiger partial charge in [-0.25, -0.2) is 0 Å². The van der Waals surface area contributed by atoms with Gasteiger partial charge in [-0.2, -0.15) is 0 Å². The van der Waals surface area contributed by atoms with Gasteiger partial charge in [0.05, 0.1) is 6.61 Å². The second-order valence-electron chi connectivity index (χ2n) is 5.49. The van der Waals surface area contributed by atoms with E-state index in [-0.39, 0.29) is 11.8 Å². The molecule has 1 spiro atoms. The van der Waals surface area contributed by atoms with Gasteiger partial charge in [0.15, 0.2) is 0 Å². The Kier molecular flexibility index (Phi) is 4.80. The van der Waals surface area contributed by atoms with Crippen LogP contribution in [-0.2, 0) is 14.3 Å². The molecule has 0 aromatic rings. The molecule has 19 heavy (non-hydrogen) atoms. The first-order valence-electron chi connectivity index (χ1n) is 7.36. The van der Waals surface area contributed by atoms with E-state index < -0.39 is 5.54 Å². The maximum atomic E-state index is 12.6.